The molecule has 0 fully saturated rings. The predicted octanol–water partition coefficient (Wildman–Crippen LogP) is 2.59. The Morgan fingerprint density at radius 2 is 1.96 bits per heavy atom. The van der Waals surface area contributed by atoms with Crippen molar-refractivity contribution in [3.05, 3.63) is 59.5 Å². The smallest absolute Gasteiger partial charge is 0.363 e. The molecule has 0 N–H and O–H groups in total. The highest BCUT2D eigenvalue weighted by molar-refractivity contribution is 6.12. The first-order valence-corrected chi connectivity index (χ1v) is 7.62. The minimum Gasteiger partial charge on any atom is -0.490 e. The Morgan fingerprint density at radius 1 is 1.08 bits per heavy atom. The zero-order valence-corrected chi connectivity index (χ0v) is 12.8. The summed E-state index contributed by atoms with van der Waals surface area (Å²) in [4.78, 5) is 20.3. The van der Waals surface area contributed by atoms with Gasteiger partial charge < -0.3 is 14.2 Å². The molecule has 3 heterocycles. The normalized spacial score (nSPS) is 18.1. The first kappa shape index (κ1) is 14.4. The Hall–Kier alpha value is -3.15. The number of benzene rings is 1. The van der Waals surface area contributed by atoms with Crippen molar-refractivity contribution < 1.29 is 19.0 Å². The van der Waals surface area contributed by atoms with Gasteiger partial charge in [-0.25, -0.2) is 9.79 Å². The van der Waals surface area contributed by atoms with Gasteiger partial charge in [-0.2, -0.15) is 0 Å². The molecule has 0 saturated carbocycles. The molecule has 0 spiro atoms. The lowest BCUT2D eigenvalue weighted by Gasteiger charge is -2.07. The summed E-state index contributed by atoms with van der Waals surface area (Å²) in [6.45, 7) is 1.25. The molecule has 0 atom stereocenters. The molecule has 0 bridgehead atoms. The van der Waals surface area contributed by atoms with Crippen molar-refractivity contribution in [2.75, 3.05) is 13.2 Å². The van der Waals surface area contributed by atoms with Crippen LogP contribution >= 0.6 is 0 Å². The summed E-state index contributed by atoms with van der Waals surface area (Å²) in [6.07, 6.45) is 5.76. The molecule has 2 aliphatic rings. The molecule has 0 unspecified atom stereocenters. The van der Waals surface area contributed by atoms with Crippen LogP contribution in [-0.2, 0) is 9.53 Å². The van der Waals surface area contributed by atoms with Crippen molar-refractivity contribution in [3.8, 4) is 11.5 Å². The third-order valence-corrected chi connectivity index (χ3v) is 3.60. The number of cyclic esters (lactones) is 1. The second-order valence-corrected chi connectivity index (χ2v) is 5.33. The first-order valence-electron chi connectivity index (χ1n) is 7.62. The van der Waals surface area contributed by atoms with Crippen molar-refractivity contribution in [2.24, 2.45) is 4.99 Å². The van der Waals surface area contributed by atoms with Crippen LogP contribution in [0.5, 0.6) is 11.5 Å². The lowest BCUT2D eigenvalue weighted by molar-refractivity contribution is -0.129. The molecule has 2 aliphatic heterocycles. The number of ether oxygens (including phenoxy) is 3. The van der Waals surface area contributed by atoms with Crippen molar-refractivity contribution in [2.45, 2.75) is 6.42 Å². The number of hydrogen-bond donors (Lipinski definition) is 0. The number of aromatic nitrogens is 1. The van der Waals surface area contributed by atoms with Crippen LogP contribution in [0.1, 0.15) is 17.5 Å². The molecule has 4 rings (SSSR count). The summed E-state index contributed by atoms with van der Waals surface area (Å²) in [7, 11) is 0. The van der Waals surface area contributed by atoms with Gasteiger partial charge in [0, 0.05) is 18.8 Å². The number of aliphatic imine (C=N–C) groups is 1. The van der Waals surface area contributed by atoms with E-state index in [1.54, 1.807) is 30.6 Å². The third-order valence-electron chi connectivity index (χ3n) is 3.60. The average molecular weight is 322 g/mol. The molecule has 2 aromatic rings. The number of rotatable bonds is 2. The van der Waals surface area contributed by atoms with E-state index >= 15 is 0 Å². The summed E-state index contributed by atoms with van der Waals surface area (Å²) in [5.41, 5.74) is 1.69. The van der Waals surface area contributed by atoms with Crippen LogP contribution in [0.3, 0.4) is 0 Å². The first-order chi connectivity index (χ1) is 11.8. The zero-order chi connectivity index (χ0) is 16.4. The fraction of sp³-hybridized carbons (Fsp3) is 0.167. The SMILES string of the molecule is O=C1OC(c2cccnc2)=N/C1=C/c1ccc2c(c1)OCCCO2. The summed E-state index contributed by atoms with van der Waals surface area (Å²) in [5.74, 6) is 1.16. The van der Waals surface area contributed by atoms with Gasteiger partial charge in [0.15, 0.2) is 17.2 Å². The predicted molar refractivity (Wildman–Crippen MR) is 86.9 cm³/mol. The van der Waals surface area contributed by atoms with E-state index in [1.165, 1.54) is 0 Å². The van der Waals surface area contributed by atoms with Crippen LogP contribution < -0.4 is 9.47 Å². The molecule has 0 aliphatic carbocycles. The van der Waals surface area contributed by atoms with Gasteiger partial charge in [0.25, 0.3) is 0 Å². The Kier molecular flexibility index (Phi) is 3.70. The van der Waals surface area contributed by atoms with E-state index in [2.05, 4.69) is 9.98 Å². The highest BCUT2D eigenvalue weighted by Crippen LogP contribution is 2.31. The van der Waals surface area contributed by atoms with E-state index < -0.39 is 5.97 Å². The summed E-state index contributed by atoms with van der Waals surface area (Å²) in [5, 5.41) is 0. The second-order valence-electron chi connectivity index (χ2n) is 5.33. The van der Waals surface area contributed by atoms with Crippen LogP contribution in [0.15, 0.2) is 53.4 Å². The number of fused-ring (bicyclic) bond motifs is 1. The van der Waals surface area contributed by atoms with Crippen LogP contribution in [-0.4, -0.2) is 30.1 Å². The van der Waals surface area contributed by atoms with Gasteiger partial charge in [0.05, 0.1) is 18.8 Å². The monoisotopic (exact) mass is 322 g/mol. The molecule has 120 valence electrons. The maximum absolute atomic E-state index is 12.0. The maximum atomic E-state index is 12.0. The number of esters is 1. The molecule has 24 heavy (non-hydrogen) atoms. The standard InChI is InChI=1S/C18H14N2O4/c21-18-14(20-17(24-18)13-3-1-6-19-11-13)9-12-4-5-15-16(10-12)23-8-2-7-22-15/h1,3-6,9-11H,2,7-8H2/b14-9+. The Morgan fingerprint density at radius 3 is 2.79 bits per heavy atom. The van der Waals surface area contributed by atoms with Gasteiger partial charge in [-0.3, -0.25) is 4.98 Å². The summed E-state index contributed by atoms with van der Waals surface area (Å²) < 4.78 is 16.5. The van der Waals surface area contributed by atoms with Crippen LogP contribution in [0, 0.1) is 0 Å². The molecule has 0 amide bonds. The highest BCUT2D eigenvalue weighted by Gasteiger charge is 2.24. The summed E-state index contributed by atoms with van der Waals surface area (Å²) >= 11 is 0. The summed E-state index contributed by atoms with van der Waals surface area (Å²) in [6, 6.07) is 9.07. The average Bonchev–Trinajstić information content (AvgIpc) is 2.83. The Balaban J connectivity index is 1.64. The number of nitrogens with zero attached hydrogens (tertiary/aromatic N) is 2. The number of carbonyl (C=O) groups excluding carboxylic acids is 1. The second kappa shape index (κ2) is 6.16. The van der Waals surface area contributed by atoms with E-state index in [9.17, 15) is 4.79 Å². The van der Waals surface area contributed by atoms with Gasteiger partial charge in [-0.15, -0.1) is 0 Å². The lowest BCUT2D eigenvalue weighted by Crippen LogP contribution is -2.05. The molecule has 1 aromatic carbocycles. The van der Waals surface area contributed by atoms with E-state index in [1.807, 2.05) is 18.2 Å². The van der Waals surface area contributed by atoms with E-state index in [0.717, 1.165) is 12.0 Å². The van der Waals surface area contributed by atoms with Crippen LogP contribution in [0.25, 0.3) is 6.08 Å². The number of hydrogen-bond acceptors (Lipinski definition) is 6. The van der Waals surface area contributed by atoms with E-state index in [-0.39, 0.29) is 11.6 Å². The van der Waals surface area contributed by atoms with E-state index in [4.69, 9.17) is 14.2 Å². The molecular formula is C18H14N2O4. The molecule has 6 nitrogen and oxygen atoms in total. The minimum absolute atomic E-state index is 0.239. The van der Waals surface area contributed by atoms with Gasteiger partial charge >= 0.3 is 5.97 Å². The number of carbonyl (C=O) groups is 1. The Bertz CT molecular complexity index is 843. The van der Waals surface area contributed by atoms with Crippen molar-refractivity contribution in [1.82, 2.24) is 4.98 Å². The van der Waals surface area contributed by atoms with Crippen molar-refractivity contribution >= 4 is 17.9 Å². The maximum Gasteiger partial charge on any atom is 0.363 e. The minimum atomic E-state index is -0.485. The molecule has 1 aromatic heterocycles. The van der Waals surface area contributed by atoms with E-state index in [0.29, 0.717) is 30.3 Å². The Labute approximate surface area is 138 Å². The zero-order valence-electron chi connectivity index (χ0n) is 12.8. The number of pyridine rings is 1. The fourth-order valence-electron chi connectivity index (χ4n) is 2.45. The van der Waals surface area contributed by atoms with Crippen molar-refractivity contribution in [3.63, 3.8) is 0 Å². The van der Waals surface area contributed by atoms with Gasteiger partial charge in [-0.1, -0.05) is 6.07 Å². The van der Waals surface area contributed by atoms with Gasteiger partial charge in [0.2, 0.25) is 5.90 Å². The van der Waals surface area contributed by atoms with Crippen LogP contribution in [0.2, 0.25) is 0 Å². The fourth-order valence-corrected chi connectivity index (χ4v) is 2.45. The highest BCUT2D eigenvalue weighted by atomic mass is 16.6. The lowest BCUT2D eigenvalue weighted by atomic mass is 10.1. The van der Waals surface area contributed by atoms with Gasteiger partial charge in [-0.05, 0) is 35.9 Å². The quantitative estimate of drug-likeness (QED) is 0.628. The molecular weight excluding hydrogens is 308 g/mol. The third kappa shape index (κ3) is 2.86. The topological polar surface area (TPSA) is 70.0 Å². The largest absolute Gasteiger partial charge is 0.490 e. The van der Waals surface area contributed by atoms with Crippen LogP contribution in [0.4, 0.5) is 0 Å². The van der Waals surface area contributed by atoms with Gasteiger partial charge in [0.1, 0.15) is 0 Å². The molecule has 0 saturated heterocycles. The molecule has 0 radical (unpaired) electrons. The molecule has 6 heteroatoms. The van der Waals surface area contributed by atoms with Crippen molar-refractivity contribution in [1.29, 1.82) is 0 Å².